The predicted molar refractivity (Wildman–Crippen MR) is 69.8 cm³/mol. The summed E-state index contributed by atoms with van der Waals surface area (Å²) in [5.41, 5.74) is 5.82. The lowest BCUT2D eigenvalue weighted by molar-refractivity contribution is -0.0445. The van der Waals surface area contributed by atoms with E-state index in [1.165, 1.54) is 18.2 Å². The molecule has 1 saturated heterocycles. The van der Waals surface area contributed by atoms with Crippen LogP contribution in [0.25, 0.3) is 0 Å². The van der Waals surface area contributed by atoms with Crippen LogP contribution in [0.15, 0.2) is 18.2 Å². The fourth-order valence-electron chi connectivity index (χ4n) is 2.55. The van der Waals surface area contributed by atoms with Crippen molar-refractivity contribution in [3.8, 4) is 0 Å². The summed E-state index contributed by atoms with van der Waals surface area (Å²) in [7, 11) is 0. The molecule has 0 amide bonds. The molecular weight excluding hydrogens is 250 g/mol. The molecular formula is C14H20F2N2O. The minimum absolute atomic E-state index is 0.0711. The molecule has 19 heavy (non-hydrogen) atoms. The standard InChI is InChI=1S/C14H20F2N2O/c1-2-10-9-18(6-7-19-10)13(8-17)14-11(15)4-3-5-12(14)16/h3-5,10,13H,2,6-9,17H2,1H3. The van der Waals surface area contributed by atoms with E-state index in [9.17, 15) is 8.78 Å². The van der Waals surface area contributed by atoms with Gasteiger partial charge in [-0.3, -0.25) is 4.90 Å². The van der Waals surface area contributed by atoms with Gasteiger partial charge in [-0.1, -0.05) is 13.0 Å². The summed E-state index contributed by atoms with van der Waals surface area (Å²) in [6, 6.07) is 3.49. The van der Waals surface area contributed by atoms with Crippen molar-refractivity contribution in [1.82, 2.24) is 4.90 Å². The van der Waals surface area contributed by atoms with Crippen molar-refractivity contribution in [3.05, 3.63) is 35.4 Å². The van der Waals surface area contributed by atoms with Crippen LogP contribution in [0.5, 0.6) is 0 Å². The van der Waals surface area contributed by atoms with Crippen molar-refractivity contribution in [2.45, 2.75) is 25.5 Å². The number of nitrogens with two attached hydrogens (primary N) is 1. The number of benzene rings is 1. The molecule has 1 aliphatic rings. The highest BCUT2D eigenvalue weighted by atomic mass is 19.1. The third-order valence-electron chi connectivity index (χ3n) is 3.62. The van der Waals surface area contributed by atoms with Gasteiger partial charge in [0.25, 0.3) is 0 Å². The Morgan fingerprint density at radius 1 is 1.42 bits per heavy atom. The maximum atomic E-state index is 13.9. The molecule has 0 spiro atoms. The average molecular weight is 270 g/mol. The fraction of sp³-hybridized carbons (Fsp3) is 0.571. The van der Waals surface area contributed by atoms with Crippen LogP contribution < -0.4 is 5.73 Å². The summed E-state index contributed by atoms with van der Waals surface area (Å²) in [4.78, 5) is 2.01. The molecule has 0 radical (unpaired) electrons. The molecule has 1 fully saturated rings. The Balaban J connectivity index is 2.24. The van der Waals surface area contributed by atoms with Gasteiger partial charge in [0.1, 0.15) is 11.6 Å². The lowest BCUT2D eigenvalue weighted by Crippen LogP contribution is -2.46. The topological polar surface area (TPSA) is 38.5 Å². The van der Waals surface area contributed by atoms with Crippen molar-refractivity contribution in [2.75, 3.05) is 26.2 Å². The lowest BCUT2D eigenvalue weighted by Gasteiger charge is -2.38. The smallest absolute Gasteiger partial charge is 0.130 e. The number of nitrogens with zero attached hydrogens (tertiary/aromatic N) is 1. The van der Waals surface area contributed by atoms with Gasteiger partial charge >= 0.3 is 0 Å². The summed E-state index contributed by atoms with van der Waals surface area (Å²) in [5.74, 6) is -1.06. The van der Waals surface area contributed by atoms with Crippen LogP contribution in [0.4, 0.5) is 8.78 Å². The molecule has 0 saturated carbocycles. The molecule has 2 atom stereocenters. The predicted octanol–water partition coefficient (Wildman–Crippen LogP) is 2.08. The highest BCUT2D eigenvalue weighted by Crippen LogP contribution is 2.27. The largest absolute Gasteiger partial charge is 0.376 e. The van der Waals surface area contributed by atoms with Gasteiger partial charge in [-0.25, -0.2) is 8.78 Å². The molecule has 0 aromatic heterocycles. The minimum atomic E-state index is -0.532. The van der Waals surface area contributed by atoms with Crippen LogP contribution in [0.3, 0.4) is 0 Å². The van der Waals surface area contributed by atoms with Gasteiger partial charge in [-0.15, -0.1) is 0 Å². The SMILES string of the molecule is CCC1CN(C(CN)c2c(F)cccc2F)CCO1. The summed E-state index contributed by atoms with van der Waals surface area (Å²) in [6.45, 7) is 4.10. The normalized spacial score (nSPS) is 22.4. The first-order chi connectivity index (χ1) is 9.17. The van der Waals surface area contributed by atoms with Gasteiger partial charge in [0.05, 0.1) is 18.8 Å². The monoisotopic (exact) mass is 270 g/mol. The van der Waals surface area contributed by atoms with Gasteiger partial charge in [-0.05, 0) is 18.6 Å². The van der Waals surface area contributed by atoms with Crippen LogP contribution >= 0.6 is 0 Å². The lowest BCUT2D eigenvalue weighted by atomic mass is 10.0. The van der Waals surface area contributed by atoms with Crippen molar-refractivity contribution in [1.29, 1.82) is 0 Å². The van der Waals surface area contributed by atoms with Crippen molar-refractivity contribution < 1.29 is 13.5 Å². The van der Waals surface area contributed by atoms with Gasteiger partial charge < -0.3 is 10.5 Å². The maximum Gasteiger partial charge on any atom is 0.130 e. The molecule has 106 valence electrons. The zero-order valence-corrected chi connectivity index (χ0v) is 11.1. The van der Waals surface area contributed by atoms with Gasteiger partial charge in [0.15, 0.2) is 0 Å². The second kappa shape index (κ2) is 6.41. The highest BCUT2D eigenvalue weighted by Gasteiger charge is 2.29. The van der Waals surface area contributed by atoms with Crippen LogP contribution in [-0.4, -0.2) is 37.2 Å². The van der Waals surface area contributed by atoms with E-state index in [-0.39, 0.29) is 18.2 Å². The number of halogens is 2. The molecule has 1 aromatic carbocycles. The molecule has 2 rings (SSSR count). The van der Waals surface area contributed by atoms with Gasteiger partial charge in [0, 0.05) is 25.2 Å². The zero-order chi connectivity index (χ0) is 13.8. The third-order valence-corrected chi connectivity index (χ3v) is 3.62. The van der Waals surface area contributed by atoms with Crippen LogP contribution in [-0.2, 0) is 4.74 Å². The van der Waals surface area contributed by atoms with Crippen LogP contribution in [0.2, 0.25) is 0 Å². The first-order valence-corrected chi connectivity index (χ1v) is 6.67. The second-order valence-corrected chi connectivity index (χ2v) is 4.78. The Bertz CT molecular complexity index is 408. The number of ether oxygens (including phenoxy) is 1. The first-order valence-electron chi connectivity index (χ1n) is 6.67. The molecule has 0 bridgehead atoms. The van der Waals surface area contributed by atoms with E-state index in [1.807, 2.05) is 11.8 Å². The number of morpholine rings is 1. The van der Waals surface area contributed by atoms with E-state index in [2.05, 4.69) is 0 Å². The van der Waals surface area contributed by atoms with E-state index in [0.29, 0.717) is 19.7 Å². The molecule has 2 unspecified atom stereocenters. The Hall–Kier alpha value is -1.04. The van der Waals surface area contributed by atoms with Crippen molar-refractivity contribution >= 4 is 0 Å². The van der Waals surface area contributed by atoms with Gasteiger partial charge in [-0.2, -0.15) is 0 Å². The van der Waals surface area contributed by atoms with E-state index >= 15 is 0 Å². The summed E-state index contributed by atoms with van der Waals surface area (Å²) in [5, 5.41) is 0. The number of hydrogen-bond donors (Lipinski definition) is 1. The molecule has 3 nitrogen and oxygen atoms in total. The molecule has 1 aliphatic heterocycles. The van der Waals surface area contributed by atoms with E-state index in [0.717, 1.165) is 6.42 Å². The number of hydrogen-bond acceptors (Lipinski definition) is 3. The Kier molecular flexibility index (Phi) is 4.85. The maximum absolute atomic E-state index is 13.9. The molecule has 0 aliphatic carbocycles. The molecule has 1 heterocycles. The van der Waals surface area contributed by atoms with E-state index < -0.39 is 17.7 Å². The Morgan fingerprint density at radius 2 is 2.11 bits per heavy atom. The summed E-state index contributed by atoms with van der Waals surface area (Å²) in [6.07, 6.45) is 0.991. The molecule has 5 heteroatoms. The van der Waals surface area contributed by atoms with Crippen molar-refractivity contribution in [2.24, 2.45) is 5.73 Å². The summed E-state index contributed by atoms with van der Waals surface area (Å²) >= 11 is 0. The third kappa shape index (κ3) is 3.11. The quantitative estimate of drug-likeness (QED) is 0.910. The average Bonchev–Trinajstić information content (AvgIpc) is 2.43. The van der Waals surface area contributed by atoms with Gasteiger partial charge in [0.2, 0.25) is 0 Å². The first kappa shape index (κ1) is 14.4. The van der Waals surface area contributed by atoms with E-state index in [4.69, 9.17) is 10.5 Å². The van der Waals surface area contributed by atoms with Crippen LogP contribution in [0.1, 0.15) is 24.9 Å². The van der Waals surface area contributed by atoms with Crippen LogP contribution in [0, 0.1) is 11.6 Å². The molecule has 2 N–H and O–H groups in total. The number of rotatable bonds is 4. The fourth-order valence-corrected chi connectivity index (χ4v) is 2.55. The zero-order valence-electron chi connectivity index (χ0n) is 11.1. The Labute approximate surface area is 112 Å². The highest BCUT2D eigenvalue weighted by molar-refractivity contribution is 5.24. The summed E-state index contributed by atoms with van der Waals surface area (Å²) < 4.78 is 33.3. The molecule has 1 aromatic rings. The van der Waals surface area contributed by atoms with Crippen molar-refractivity contribution in [3.63, 3.8) is 0 Å². The second-order valence-electron chi connectivity index (χ2n) is 4.78. The Morgan fingerprint density at radius 3 is 2.68 bits per heavy atom. The minimum Gasteiger partial charge on any atom is -0.376 e. The van der Waals surface area contributed by atoms with E-state index in [1.54, 1.807) is 0 Å².